The number of hydrogen-bond donors (Lipinski definition) is 1. The standard InChI is InChI=1S/C21H25N3O5S/c1-23(2)20(25)17-9-6-10-18(13-17)22-30(27,28)19-11-12-24(14-19)21(26)29-15-16-7-4-3-5-8-16/h3-10,13,19,22H,11-12,14-15H2,1-2H3. The van der Waals surface area contributed by atoms with E-state index in [0.29, 0.717) is 24.2 Å². The van der Waals surface area contributed by atoms with Gasteiger partial charge in [-0.25, -0.2) is 13.2 Å². The first-order valence-electron chi connectivity index (χ1n) is 9.55. The Morgan fingerprint density at radius 3 is 2.57 bits per heavy atom. The average molecular weight is 432 g/mol. The highest BCUT2D eigenvalue weighted by Gasteiger charge is 2.36. The van der Waals surface area contributed by atoms with Gasteiger partial charge in [-0.05, 0) is 30.2 Å². The maximum absolute atomic E-state index is 12.8. The molecule has 0 radical (unpaired) electrons. The zero-order valence-electron chi connectivity index (χ0n) is 16.9. The number of anilines is 1. The van der Waals surface area contributed by atoms with E-state index in [9.17, 15) is 18.0 Å². The molecule has 0 bridgehead atoms. The number of nitrogens with zero attached hydrogens (tertiary/aromatic N) is 2. The molecule has 2 aromatic rings. The third-order valence-corrected chi connectivity index (χ3v) is 6.61. The summed E-state index contributed by atoms with van der Waals surface area (Å²) in [6.07, 6.45) is -0.221. The normalized spacial score (nSPS) is 16.2. The van der Waals surface area contributed by atoms with Crippen LogP contribution in [0.15, 0.2) is 54.6 Å². The summed E-state index contributed by atoms with van der Waals surface area (Å²) in [7, 11) is -0.477. The SMILES string of the molecule is CN(C)C(=O)c1cccc(NS(=O)(=O)C2CCN(C(=O)OCc3ccccc3)C2)c1. The van der Waals surface area contributed by atoms with Crippen LogP contribution in [-0.2, 0) is 21.4 Å². The van der Waals surface area contributed by atoms with Gasteiger partial charge in [-0.15, -0.1) is 0 Å². The maximum atomic E-state index is 12.8. The van der Waals surface area contributed by atoms with Crippen LogP contribution in [0.3, 0.4) is 0 Å². The van der Waals surface area contributed by atoms with Gasteiger partial charge in [0.25, 0.3) is 5.91 Å². The zero-order chi connectivity index (χ0) is 21.7. The van der Waals surface area contributed by atoms with E-state index in [1.165, 1.54) is 15.9 Å². The molecule has 3 rings (SSSR count). The highest BCUT2D eigenvalue weighted by molar-refractivity contribution is 7.93. The Balaban J connectivity index is 1.59. The van der Waals surface area contributed by atoms with E-state index >= 15 is 0 Å². The number of likely N-dealkylation sites (tertiary alicyclic amines) is 1. The number of nitrogens with one attached hydrogen (secondary N) is 1. The van der Waals surface area contributed by atoms with Crippen molar-refractivity contribution in [2.75, 3.05) is 31.9 Å². The molecule has 0 aliphatic carbocycles. The van der Waals surface area contributed by atoms with E-state index in [4.69, 9.17) is 4.74 Å². The Labute approximate surface area is 176 Å². The Bertz CT molecular complexity index is 1010. The lowest BCUT2D eigenvalue weighted by atomic mass is 10.2. The van der Waals surface area contributed by atoms with Crippen molar-refractivity contribution >= 4 is 27.7 Å². The first-order chi connectivity index (χ1) is 14.3. The van der Waals surface area contributed by atoms with Crippen molar-refractivity contribution in [1.29, 1.82) is 0 Å². The van der Waals surface area contributed by atoms with Crippen molar-refractivity contribution in [3.63, 3.8) is 0 Å². The van der Waals surface area contributed by atoms with Gasteiger partial charge < -0.3 is 14.5 Å². The fraction of sp³-hybridized carbons (Fsp3) is 0.333. The topological polar surface area (TPSA) is 96.0 Å². The predicted octanol–water partition coefficient (Wildman–Crippen LogP) is 2.54. The smallest absolute Gasteiger partial charge is 0.410 e. The van der Waals surface area contributed by atoms with Gasteiger partial charge in [-0.2, -0.15) is 0 Å². The number of carbonyl (C=O) groups excluding carboxylic acids is 2. The summed E-state index contributed by atoms with van der Waals surface area (Å²) in [4.78, 5) is 27.2. The molecule has 1 unspecified atom stereocenters. The summed E-state index contributed by atoms with van der Waals surface area (Å²) in [5.41, 5.74) is 1.56. The molecule has 0 spiro atoms. The van der Waals surface area contributed by atoms with Crippen LogP contribution < -0.4 is 4.72 Å². The lowest BCUT2D eigenvalue weighted by molar-refractivity contribution is 0.0827. The number of ether oxygens (including phenoxy) is 1. The summed E-state index contributed by atoms with van der Waals surface area (Å²) in [6.45, 7) is 0.496. The van der Waals surface area contributed by atoms with Crippen LogP contribution in [0, 0.1) is 0 Å². The fourth-order valence-corrected chi connectivity index (χ4v) is 4.59. The molecule has 1 atom stereocenters. The van der Waals surface area contributed by atoms with Crippen LogP contribution >= 0.6 is 0 Å². The molecule has 2 aromatic carbocycles. The molecular formula is C21H25N3O5S. The minimum atomic E-state index is -3.73. The Kier molecular flexibility index (Phi) is 6.61. The second-order valence-corrected chi connectivity index (χ2v) is 9.29. The van der Waals surface area contributed by atoms with Gasteiger partial charge in [0.2, 0.25) is 10.0 Å². The van der Waals surface area contributed by atoms with Crippen molar-refractivity contribution < 1.29 is 22.7 Å². The van der Waals surface area contributed by atoms with Gasteiger partial charge in [0.15, 0.2) is 0 Å². The molecule has 0 aromatic heterocycles. The van der Waals surface area contributed by atoms with E-state index in [0.717, 1.165) is 5.56 Å². The van der Waals surface area contributed by atoms with Crippen molar-refractivity contribution in [3.8, 4) is 0 Å². The summed E-state index contributed by atoms with van der Waals surface area (Å²) in [6, 6.07) is 15.6. The van der Waals surface area contributed by atoms with Crippen molar-refractivity contribution in [2.24, 2.45) is 0 Å². The van der Waals surface area contributed by atoms with E-state index in [1.807, 2.05) is 30.3 Å². The molecule has 2 amide bonds. The highest BCUT2D eigenvalue weighted by Crippen LogP contribution is 2.22. The molecule has 1 fully saturated rings. The second-order valence-electron chi connectivity index (χ2n) is 7.32. The van der Waals surface area contributed by atoms with Gasteiger partial charge in [0.05, 0.1) is 5.25 Å². The van der Waals surface area contributed by atoms with Crippen molar-refractivity contribution in [1.82, 2.24) is 9.80 Å². The molecule has 8 nitrogen and oxygen atoms in total. The van der Waals surface area contributed by atoms with Gasteiger partial charge in [-0.3, -0.25) is 9.52 Å². The van der Waals surface area contributed by atoms with Crippen LogP contribution in [0.25, 0.3) is 0 Å². The number of sulfonamides is 1. The predicted molar refractivity (Wildman–Crippen MR) is 114 cm³/mol. The molecule has 0 saturated carbocycles. The van der Waals surface area contributed by atoms with E-state index in [2.05, 4.69) is 4.72 Å². The van der Waals surface area contributed by atoms with Gasteiger partial charge >= 0.3 is 6.09 Å². The summed E-state index contributed by atoms with van der Waals surface area (Å²) < 4.78 is 33.4. The first kappa shape index (κ1) is 21.6. The van der Waals surface area contributed by atoms with Crippen LogP contribution in [0.4, 0.5) is 10.5 Å². The van der Waals surface area contributed by atoms with Gasteiger partial charge in [0.1, 0.15) is 6.61 Å². The minimum absolute atomic E-state index is 0.0548. The van der Waals surface area contributed by atoms with Crippen LogP contribution in [0.1, 0.15) is 22.3 Å². The first-order valence-corrected chi connectivity index (χ1v) is 11.1. The molecular weight excluding hydrogens is 406 g/mol. The summed E-state index contributed by atoms with van der Waals surface area (Å²) in [5.74, 6) is -0.218. The average Bonchev–Trinajstić information content (AvgIpc) is 3.23. The van der Waals surface area contributed by atoms with Crippen molar-refractivity contribution in [2.45, 2.75) is 18.3 Å². The van der Waals surface area contributed by atoms with Gasteiger partial charge in [-0.1, -0.05) is 36.4 Å². The third-order valence-electron chi connectivity index (χ3n) is 4.82. The van der Waals surface area contributed by atoms with Crippen LogP contribution in [0.5, 0.6) is 0 Å². The molecule has 160 valence electrons. The molecule has 9 heteroatoms. The quantitative estimate of drug-likeness (QED) is 0.758. The molecule has 1 aliphatic heterocycles. The number of rotatable bonds is 6. The van der Waals surface area contributed by atoms with Crippen molar-refractivity contribution in [3.05, 3.63) is 65.7 Å². The fourth-order valence-electron chi connectivity index (χ4n) is 3.18. The zero-order valence-corrected chi connectivity index (χ0v) is 17.8. The molecule has 1 N–H and O–H groups in total. The lowest BCUT2D eigenvalue weighted by Gasteiger charge is -2.17. The number of carbonyl (C=O) groups is 2. The minimum Gasteiger partial charge on any atom is -0.445 e. The van der Waals surface area contributed by atoms with E-state index in [-0.39, 0.29) is 19.1 Å². The summed E-state index contributed by atoms with van der Waals surface area (Å²) in [5, 5.41) is -0.755. The largest absolute Gasteiger partial charge is 0.445 e. The Hall–Kier alpha value is -3.07. The van der Waals surface area contributed by atoms with Gasteiger partial charge in [0, 0.05) is 38.4 Å². The Morgan fingerprint density at radius 2 is 1.87 bits per heavy atom. The number of benzene rings is 2. The number of amides is 2. The highest BCUT2D eigenvalue weighted by atomic mass is 32.2. The van der Waals surface area contributed by atoms with E-state index < -0.39 is 21.4 Å². The monoisotopic (exact) mass is 431 g/mol. The maximum Gasteiger partial charge on any atom is 0.410 e. The molecule has 1 aliphatic rings. The third kappa shape index (κ3) is 5.29. The molecule has 30 heavy (non-hydrogen) atoms. The number of hydrogen-bond acceptors (Lipinski definition) is 5. The summed E-state index contributed by atoms with van der Waals surface area (Å²) >= 11 is 0. The lowest BCUT2D eigenvalue weighted by Crippen LogP contribution is -2.34. The van der Waals surface area contributed by atoms with Crippen LogP contribution in [-0.4, -0.2) is 62.7 Å². The second kappa shape index (κ2) is 9.17. The Morgan fingerprint density at radius 1 is 1.13 bits per heavy atom. The molecule has 1 heterocycles. The molecule has 1 saturated heterocycles. The van der Waals surface area contributed by atoms with E-state index in [1.54, 1.807) is 32.3 Å². The van der Waals surface area contributed by atoms with Crippen LogP contribution in [0.2, 0.25) is 0 Å².